The second-order valence-corrected chi connectivity index (χ2v) is 6.22. The lowest BCUT2D eigenvalue weighted by molar-refractivity contribution is 0.912. The molecule has 1 aliphatic carbocycles. The van der Waals surface area contributed by atoms with Crippen molar-refractivity contribution in [3.05, 3.63) is 62.6 Å². The molecule has 3 rings (SSSR count). The molecular formula is C16H15BrClN. The first kappa shape index (κ1) is 13.0. The molecule has 0 amide bonds. The maximum Gasteiger partial charge on any atom is 0.0412 e. The van der Waals surface area contributed by atoms with Gasteiger partial charge in [0.25, 0.3) is 0 Å². The van der Waals surface area contributed by atoms with E-state index in [4.69, 9.17) is 11.6 Å². The standard InChI is InChI=1S/C16H15BrClN/c17-16-7-5-14(18)8-13(16)10-19-15-6-4-11-2-1-3-12(11)9-15/h4-9,19H,1-3,10H2. The predicted molar refractivity (Wildman–Crippen MR) is 84.9 cm³/mol. The maximum atomic E-state index is 6.03. The van der Waals surface area contributed by atoms with Crippen LogP contribution in [0.1, 0.15) is 23.1 Å². The first-order valence-electron chi connectivity index (χ1n) is 6.52. The molecule has 1 nitrogen and oxygen atoms in total. The molecule has 3 heteroatoms. The first-order chi connectivity index (χ1) is 9.22. The van der Waals surface area contributed by atoms with E-state index in [0.717, 1.165) is 16.0 Å². The SMILES string of the molecule is Clc1ccc(Br)c(CNc2ccc3c(c2)CCC3)c1. The van der Waals surface area contributed by atoms with E-state index in [9.17, 15) is 0 Å². The number of benzene rings is 2. The third-order valence-corrected chi connectivity index (χ3v) is 4.60. The van der Waals surface area contributed by atoms with Crippen LogP contribution in [0.5, 0.6) is 0 Å². The Morgan fingerprint density at radius 3 is 2.79 bits per heavy atom. The van der Waals surface area contributed by atoms with Gasteiger partial charge >= 0.3 is 0 Å². The van der Waals surface area contributed by atoms with E-state index in [1.54, 1.807) is 0 Å². The molecule has 0 radical (unpaired) electrons. The monoisotopic (exact) mass is 335 g/mol. The molecule has 19 heavy (non-hydrogen) atoms. The van der Waals surface area contributed by atoms with Crippen LogP contribution in [-0.4, -0.2) is 0 Å². The molecule has 0 heterocycles. The minimum absolute atomic E-state index is 0.772. The zero-order chi connectivity index (χ0) is 13.2. The lowest BCUT2D eigenvalue weighted by atomic mass is 10.1. The van der Waals surface area contributed by atoms with Gasteiger partial charge in [-0.15, -0.1) is 0 Å². The lowest BCUT2D eigenvalue weighted by Crippen LogP contribution is -2.01. The van der Waals surface area contributed by atoms with Crippen molar-refractivity contribution in [1.29, 1.82) is 0 Å². The average molecular weight is 337 g/mol. The van der Waals surface area contributed by atoms with E-state index in [1.165, 1.54) is 41.6 Å². The third kappa shape index (κ3) is 2.96. The molecule has 0 aliphatic heterocycles. The summed E-state index contributed by atoms with van der Waals surface area (Å²) in [4.78, 5) is 0. The van der Waals surface area contributed by atoms with Crippen LogP contribution < -0.4 is 5.32 Å². The number of halogens is 2. The van der Waals surface area contributed by atoms with Gasteiger partial charge in [-0.2, -0.15) is 0 Å². The molecule has 0 spiro atoms. The van der Waals surface area contributed by atoms with Gasteiger partial charge in [0, 0.05) is 21.7 Å². The molecule has 0 unspecified atom stereocenters. The summed E-state index contributed by atoms with van der Waals surface area (Å²) in [5.74, 6) is 0. The molecule has 0 bridgehead atoms. The Bertz CT molecular complexity index is 610. The van der Waals surface area contributed by atoms with Gasteiger partial charge in [-0.05, 0) is 66.3 Å². The van der Waals surface area contributed by atoms with Crippen LogP contribution in [-0.2, 0) is 19.4 Å². The van der Waals surface area contributed by atoms with Crippen LogP contribution in [0.25, 0.3) is 0 Å². The van der Waals surface area contributed by atoms with Gasteiger partial charge in [0.15, 0.2) is 0 Å². The molecular weight excluding hydrogens is 322 g/mol. The Hall–Kier alpha value is -0.990. The van der Waals surface area contributed by atoms with Gasteiger partial charge < -0.3 is 5.32 Å². The number of nitrogens with one attached hydrogen (secondary N) is 1. The Labute approximate surface area is 127 Å². The van der Waals surface area contributed by atoms with Gasteiger partial charge in [0.1, 0.15) is 0 Å². The van der Waals surface area contributed by atoms with Crippen molar-refractivity contribution in [1.82, 2.24) is 0 Å². The Morgan fingerprint density at radius 1 is 1.05 bits per heavy atom. The highest BCUT2D eigenvalue weighted by molar-refractivity contribution is 9.10. The number of hydrogen-bond donors (Lipinski definition) is 1. The summed E-state index contributed by atoms with van der Waals surface area (Å²) in [7, 11) is 0. The van der Waals surface area contributed by atoms with Crippen LogP contribution in [0.3, 0.4) is 0 Å². The molecule has 0 aromatic heterocycles. The van der Waals surface area contributed by atoms with Crippen molar-refractivity contribution in [2.24, 2.45) is 0 Å². The maximum absolute atomic E-state index is 6.03. The quantitative estimate of drug-likeness (QED) is 0.812. The highest BCUT2D eigenvalue weighted by atomic mass is 79.9. The van der Waals surface area contributed by atoms with Crippen LogP contribution in [0.2, 0.25) is 5.02 Å². The zero-order valence-corrected chi connectivity index (χ0v) is 12.9. The van der Waals surface area contributed by atoms with E-state index < -0.39 is 0 Å². The molecule has 1 aliphatic rings. The van der Waals surface area contributed by atoms with Gasteiger partial charge in [-0.1, -0.05) is 33.6 Å². The van der Waals surface area contributed by atoms with Gasteiger partial charge in [0.2, 0.25) is 0 Å². The summed E-state index contributed by atoms with van der Waals surface area (Å²) in [6, 6.07) is 12.6. The second-order valence-electron chi connectivity index (χ2n) is 4.93. The Morgan fingerprint density at radius 2 is 1.89 bits per heavy atom. The molecule has 2 aromatic rings. The number of aryl methyl sites for hydroxylation is 2. The summed E-state index contributed by atoms with van der Waals surface area (Å²) in [6.45, 7) is 0.778. The van der Waals surface area contributed by atoms with Crippen LogP contribution >= 0.6 is 27.5 Å². The molecule has 0 saturated carbocycles. The Kier molecular flexibility index (Phi) is 3.81. The lowest BCUT2D eigenvalue weighted by Gasteiger charge is -2.10. The van der Waals surface area contributed by atoms with E-state index >= 15 is 0 Å². The van der Waals surface area contributed by atoms with Crippen molar-refractivity contribution in [2.45, 2.75) is 25.8 Å². The molecule has 0 saturated heterocycles. The number of rotatable bonds is 3. The second kappa shape index (κ2) is 5.56. The molecule has 0 atom stereocenters. The molecule has 2 aromatic carbocycles. The summed E-state index contributed by atoms with van der Waals surface area (Å²) < 4.78 is 1.09. The number of hydrogen-bond acceptors (Lipinski definition) is 1. The van der Waals surface area contributed by atoms with Gasteiger partial charge in [-0.25, -0.2) is 0 Å². The average Bonchev–Trinajstić information content (AvgIpc) is 2.87. The number of fused-ring (bicyclic) bond motifs is 1. The van der Waals surface area contributed by atoms with Crippen molar-refractivity contribution >= 4 is 33.2 Å². The molecule has 1 N–H and O–H groups in total. The fraction of sp³-hybridized carbons (Fsp3) is 0.250. The molecule has 98 valence electrons. The highest BCUT2D eigenvalue weighted by Gasteiger charge is 2.10. The third-order valence-electron chi connectivity index (χ3n) is 3.59. The van der Waals surface area contributed by atoms with E-state index in [-0.39, 0.29) is 0 Å². The summed E-state index contributed by atoms with van der Waals surface area (Å²) in [6.07, 6.45) is 3.74. The minimum atomic E-state index is 0.772. The first-order valence-corrected chi connectivity index (χ1v) is 7.69. The van der Waals surface area contributed by atoms with E-state index in [1.807, 2.05) is 18.2 Å². The fourth-order valence-electron chi connectivity index (χ4n) is 2.56. The van der Waals surface area contributed by atoms with E-state index in [0.29, 0.717) is 0 Å². The fourth-order valence-corrected chi connectivity index (χ4v) is 3.14. The van der Waals surface area contributed by atoms with Crippen LogP contribution in [0, 0.1) is 0 Å². The van der Waals surface area contributed by atoms with Crippen LogP contribution in [0.4, 0.5) is 5.69 Å². The highest BCUT2D eigenvalue weighted by Crippen LogP contribution is 2.26. The summed E-state index contributed by atoms with van der Waals surface area (Å²) in [5.41, 5.74) is 5.37. The topological polar surface area (TPSA) is 12.0 Å². The predicted octanol–water partition coefficient (Wildman–Crippen LogP) is 5.20. The van der Waals surface area contributed by atoms with Crippen molar-refractivity contribution in [3.63, 3.8) is 0 Å². The normalized spacial score (nSPS) is 13.4. The van der Waals surface area contributed by atoms with Crippen molar-refractivity contribution < 1.29 is 0 Å². The smallest absolute Gasteiger partial charge is 0.0412 e. The Balaban J connectivity index is 1.74. The summed E-state index contributed by atoms with van der Waals surface area (Å²) >= 11 is 9.58. The largest absolute Gasteiger partial charge is 0.381 e. The summed E-state index contributed by atoms with van der Waals surface area (Å²) in [5, 5.41) is 4.24. The molecule has 0 fully saturated rings. The zero-order valence-electron chi connectivity index (χ0n) is 10.5. The van der Waals surface area contributed by atoms with E-state index in [2.05, 4.69) is 39.4 Å². The van der Waals surface area contributed by atoms with Gasteiger partial charge in [-0.3, -0.25) is 0 Å². The van der Waals surface area contributed by atoms with Gasteiger partial charge in [0.05, 0.1) is 0 Å². The minimum Gasteiger partial charge on any atom is -0.381 e. The van der Waals surface area contributed by atoms with Crippen LogP contribution in [0.15, 0.2) is 40.9 Å². The van der Waals surface area contributed by atoms with Crippen molar-refractivity contribution in [3.8, 4) is 0 Å². The number of anilines is 1. The van der Waals surface area contributed by atoms with Crippen molar-refractivity contribution in [2.75, 3.05) is 5.32 Å².